The van der Waals surface area contributed by atoms with Crippen molar-refractivity contribution >= 4 is 5.97 Å². The van der Waals surface area contributed by atoms with Crippen molar-refractivity contribution < 1.29 is 34.3 Å². The first-order valence-corrected chi connectivity index (χ1v) is 10.0. The molecule has 2 heterocycles. The highest BCUT2D eigenvalue weighted by molar-refractivity contribution is 5.66. The van der Waals surface area contributed by atoms with Crippen LogP contribution in [0.3, 0.4) is 0 Å². The van der Waals surface area contributed by atoms with Crippen LogP contribution in [0.25, 0.3) is 0 Å². The Hall–Kier alpha value is -1.25. The Kier molecular flexibility index (Phi) is 6.04. The van der Waals surface area contributed by atoms with Crippen LogP contribution in [-0.2, 0) is 19.0 Å². The lowest BCUT2D eigenvalue weighted by atomic mass is 9.72. The van der Waals surface area contributed by atoms with Gasteiger partial charge in [-0.1, -0.05) is 25.5 Å². The number of esters is 1. The summed E-state index contributed by atoms with van der Waals surface area (Å²) in [6, 6.07) is 0. The van der Waals surface area contributed by atoms with Crippen LogP contribution in [0, 0.1) is 0 Å². The third kappa shape index (κ3) is 3.91. The van der Waals surface area contributed by atoms with Crippen LogP contribution in [0.4, 0.5) is 0 Å². The molecule has 158 valence electrons. The number of carbonyl (C=O) groups is 1. The van der Waals surface area contributed by atoms with E-state index in [-0.39, 0.29) is 6.61 Å². The summed E-state index contributed by atoms with van der Waals surface area (Å²) in [6.45, 7) is 6.95. The number of carbonyl (C=O) groups excluding carboxylic acids is 1. The zero-order chi connectivity index (χ0) is 20.7. The van der Waals surface area contributed by atoms with Gasteiger partial charge in [0.1, 0.15) is 30.5 Å². The molecule has 7 nitrogen and oxygen atoms in total. The van der Waals surface area contributed by atoms with Gasteiger partial charge in [-0.2, -0.15) is 0 Å². The monoisotopic (exact) mass is 396 g/mol. The van der Waals surface area contributed by atoms with Gasteiger partial charge in [0.15, 0.2) is 0 Å². The lowest BCUT2D eigenvalue weighted by molar-refractivity contribution is -0.191. The molecule has 2 saturated heterocycles. The molecule has 1 spiro atoms. The number of aliphatic hydroxyl groups excluding tert-OH is 3. The van der Waals surface area contributed by atoms with Crippen molar-refractivity contribution in [3.63, 3.8) is 0 Å². The first-order chi connectivity index (χ1) is 13.1. The van der Waals surface area contributed by atoms with Crippen molar-refractivity contribution in [1.82, 2.24) is 0 Å². The van der Waals surface area contributed by atoms with E-state index < -0.39 is 47.7 Å². The van der Waals surface area contributed by atoms with Gasteiger partial charge in [-0.15, -0.1) is 0 Å². The number of aliphatic hydroxyl groups is 3. The molecule has 6 atom stereocenters. The Morgan fingerprint density at radius 2 is 2.07 bits per heavy atom. The Balaban J connectivity index is 1.91. The highest BCUT2D eigenvalue weighted by Gasteiger charge is 2.72. The van der Waals surface area contributed by atoms with E-state index in [0.29, 0.717) is 30.4 Å². The van der Waals surface area contributed by atoms with E-state index >= 15 is 0 Å². The molecule has 0 aromatic heterocycles. The van der Waals surface area contributed by atoms with Gasteiger partial charge in [0.2, 0.25) is 0 Å². The zero-order valence-corrected chi connectivity index (χ0v) is 17.1. The number of ether oxygens (including phenoxy) is 3. The second kappa shape index (κ2) is 7.88. The van der Waals surface area contributed by atoms with E-state index in [9.17, 15) is 20.1 Å². The second-order valence-electron chi connectivity index (χ2n) is 8.60. The maximum Gasteiger partial charge on any atom is 0.302 e. The van der Waals surface area contributed by atoms with Crippen molar-refractivity contribution in [3.05, 3.63) is 23.3 Å². The molecule has 1 aliphatic carbocycles. The first-order valence-electron chi connectivity index (χ1n) is 10.0. The minimum Gasteiger partial charge on any atom is -0.461 e. The molecule has 0 radical (unpaired) electrons. The van der Waals surface area contributed by atoms with Gasteiger partial charge in [0.25, 0.3) is 0 Å². The second-order valence-corrected chi connectivity index (χ2v) is 8.60. The fourth-order valence-corrected chi connectivity index (χ4v) is 4.26. The molecule has 7 heteroatoms. The van der Waals surface area contributed by atoms with Gasteiger partial charge in [0, 0.05) is 18.9 Å². The number of hydrogen-bond donors (Lipinski definition) is 3. The van der Waals surface area contributed by atoms with Crippen LogP contribution in [0.15, 0.2) is 23.3 Å². The van der Waals surface area contributed by atoms with Crippen molar-refractivity contribution in [2.45, 2.75) is 95.1 Å². The maximum atomic E-state index is 11.4. The van der Waals surface area contributed by atoms with E-state index in [1.54, 1.807) is 6.08 Å². The van der Waals surface area contributed by atoms with Crippen molar-refractivity contribution in [1.29, 1.82) is 0 Å². The van der Waals surface area contributed by atoms with E-state index in [4.69, 9.17) is 14.2 Å². The standard InChI is InChI=1S/C21H32O7/c1-5-7-13(23)8-6-9-14-15(11-26-12(2)22)18-21(19(28-21)17(14)25)10-16(24)20(3,4)27-18/h6,9,13,16-19,23-25H,5,7-8,10-11H2,1-4H3/b9-6+/t13?,16-,17+,18-,19-,21+/m0/s1. The van der Waals surface area contributed by atoms with E-state index in [0.717, 1.165) is 6.42 Å². The molecule has 0 aromatic rings. The van der Waals surface area contributed by atoms with Crippen LogP contribution >= 0.6 is 0 Å². The van der Waals surface area contributed by atoms with Crippen molar-refractivity contribution in [2.75, 3.05) is 6.61 Å². The summed E-state index contributed by atoms with van der Waals surface area (Å²) < 4.78 is 17.3. The number of epoxide rings is 1. The van der Waals surface area contributed by atoms with Crippen LogP contribution < -0.4 is 0 Å². The van der Waals surface area contributed by atoms with Crippen LogP contribution in [0.5, 0.6) is 0 Å². The predicted molar refractivity (Wildman–Crippen MR) is 102 cm³/mol. The lowest BCUT2D eigenvalue weighted by Crippen LogP contribution is -2.59. The highest BCUT2D eigenvalue weighted by atomic mass is 16.7. The molecule has 0 aromatic carbocycles. The van der Waals surface area contributed by atoms with E-state index in [1.165, 1.54) is 6.92 Å². The van der Waals surface area contributed by atoms with Gasteiger partial charge < -0.3 is 29.5 Å². The van der Waals surface area contributed by atoms with E-state index in [2.05, 4.69) is 0 Å². The molecule has 3 rings (SSSR count). The minimum atomic E-state index is -0.904. The molecule has 3 N–H and O–H groups in total. The molecule has 0 bridgehead atoms. The fraction of sp³-hybridized carbons (Fsp3) is 0.762. The summed E-state index contributed by atoms with van der Waals surface area (Å²) in [4.78, 5) is 11.4. The first kappa shape index (κ1) is 21.5. The average molecular weight is 396 g/mol. The van der Waals surface area contributed by atoms with E-state index in [1.807, 2.05) is 26.8 Å². The third-order valence-corrected chi connectivity index (χ3v) is 6.00. The molecule has 1 unspecified atom stereocenters. The average Bonchev–Trinajstić information content (AvgIpc) is 3.32. The summed E-state index contributed by atoms with van der Waals surface area (Å²) in [5.41, 5.74) is -0.330. The molecule has 0 amide bonds. The maximum absolute atomic E-state index is 11.4. The largest absolute Gasteiger partial charge is 0.461 e. The van der Waals surface area contributed by atoms with Crippen LogP contribution in [-0.4, -0.2) is 69.6 Å². The smallest absolute Gasteiger partial charge is 0.302 e. The Labute approximate surface area is 166 Å². The molecular formula is C21H32O7. The Bertz CT molecular complexity index is 668. The summed E-state index contributed by atoms with van der Waals surface area (Å²) in [7, 11) is 0. The molecular weight excluding hydrogens is 364 g/mol. The Morgan fingerprint density at radius 1 is 1.36 bits per heavy atom. The lowest BCUT2D eigenvalue weighted by Gasteiger charge is -2.46. The quantitative estimate of drug-likeness (QED) is 0.441. The molecule has 0 saturated carbocycles. The van der Waals surface area contributed by atoms with Gasteiger partial charge in [-0.05, 0) is 32.3 Å². The molecule has 28 heavy (non-hydrogen) atoms. The van der Waals surface area contributed by atoms with Crippen molar-refractivity contribution in [3.8, 4) is 0 Å². The van der Waals surface area contributed by atoms with Crippen LogP contribution in [0.2, 0.25) is 0 Å². The number of rotatable bonds is 7. The molecule has 2 fully saturated rings. The summed E-state index contributed by atoms with van der Waals surface area (Å²) in [5.74, 6) is -0.424. The minimum absolute atomic E-state index is 0.0156. The van der Waals surface area contributed by atoms with Gasteiger partial charge in [-0.25, -0.2) is 0 Å². The molecule has 3 aliphatic rings. The fourth-order valence-electron chi connectivity index (χ4n) is 4.26. The number of hydrogen-bond acceptors (Lipinski definition) is 7. The van der Waals surface area contributed by atoms with Crippen molar-refractivity contribution in [2.24, 2.45) is 0 Å². The normalized spacial score (nSPS) is 37.4. The highest BCUT2D eigenvalue weighted by Crippen LogP contribution is 2.58. The molecule has 2 aliphatic heterocycles. The summed E-state index contributed by atoms with van der Waals surface area (Å²) in [5, 5.41) is 31.3. The SMILES string of the molecule is CCCC(O)C/C=C/C1=C(COC(C)=O)[C@@H]2OC(C)(C)[C@@H](O)C[C@@]23O[C@H]3[C@@H]1O. The topological polar surface area (TPSA) is 109 Å². The van der Waals surface area contributed by atoms with Gasteiger partial charge in [-0.3, -0.25) is 4.79 Å². The van der Waals surface area contributed by atoms with Gasteiger partial charge >= 0.3 is 5.97 Å². The summed E-state index contributed by atoms with van der Waals surface area (Å²) in [6.07, 6.45) is 2.97. The van der Waals surface area contributed by atoms with Gasteiger partial charge in [0.05, 0.1) is 17.8 Å². The Morgan fingerprint density at radius 3 is 2.71 bits per heavy atom. The zero-order valence-electron chi connectivity index (χ0n) is 17.1. The third-order valence-electron chi connectivity index (χ3n) is 6.00. The summed E-state index contributed by atoms with van der Waals surface area (Å²) >= 11 is 0. The van der Waals surface area contributed by atoms with Crippen LogP contribution in [0.1, 0.15) is 53.4 Å². The predicted octanol–water partition coefficient (Wildman–Crippen LogP) is 1.39.